The zero-order chi connectivity index (χ0) is 11.1. The fourth-order valence-electron chi connectivity index (χ4n) is 1.64. The van der Waals surface area contributed by atoms with Crippen LogP contribution in [0.1, 0.15) is 13.8 Å². The van der Waals surface area contributed by atoms with E-state index in [2.05, 4.69) is 51.9 Å². The molecule has 5 heteroatoms. The Morgan fingerprint density at radius 2 is 2.12 bits per heavy atom. The zero-order valence-electron chi connectivity index (χ0n) is 9.04. The van der Waals surface area contributed by atoms with Crippen LogP contribution < -0.4 is 4.80 Å². The third kappa shape index (κ3) is 1.47. The lowest BCUT2D eigenvalue weighted by atomic mass is 10.3. The molecule has 0 aliphatic rings. The Balaban J connectivity index is 2.48. The third-order valence-corrected chi connectivity index (χ3v) is 4.12. The molecule has 16 heavy (non-hydrogen) atoms. The molecule has 0 saturated carbocycles. The molecule has 1 aromatic carbocycles. The highest BCUT2D eigenvalue weighted by molar-refractivity contribution is 7.24. The molecule has 0 N–H and O–H groups in total. The quantitative estimate of drug-likeness (QED) is 0.652. The summed E-state index contributed by atoms with van der Waals surface area (Å²) in [4.78, 5) is 6.62. The van der Waals surface area contributed by atoms with Crippen molar-refractivity contribution in [2.45, 2.75) is 19.9 Å². The van der Waals surface area contributed by atoms with Crippen molar-refractivity contribution in [2.75, 3.05) is 0 Å². The van der Waals surface area contributed by atoms with Crippen LogP contribution in [0.15, 0.2) is 29.3 Å². The number of thiazole rings is 1. The molecule has 0 spiro atoms. The molecular weight excluding hydrogens is 238 g/mol. The summed E-state index contributed by atoms with van der Waals surface area (Å²) in [6, 6.07) is 8.65. The SMILES string of the molecule is CC(C)N=c1snc2sc3ccccc3n12. The summed E-state index contributed by atoms with van der Waals surface area (Å²) < 4.78 is 7.84. The maximum atomic E-state index is 4.60. The predicted octanol–water partition coefficient (Wildman–Crippen LogP) is 2.92. The van der Waals surface area contributed by atoms with Gasteiger partial charge in [-0.15, -0.1) is 0 Å². The smallest absolute Gasteiger partial charge is 0.210 e. The predicted molar refractivity (Wildman–Crippen MR) is 69.2 cm³/mol. The Labute approximate surface area is 101 Å². The molecule has 0 atom stereocenters. The van der Waals surface area contributed by atoms with Crippen molar-refractivity contribution in [3.63, 3.8) is 0 Å². The maximum Gasteiger partial charge on any atom is 0.210 e. The number of fused-ring (bicyclic) bond motifs is 3. The molecular formula is C11H11N3S2. The molecule has 0 aliphatic carbocycles. The highest BCUT2D eigenvalue weighted by atomic mass is 32.1. The van der Waals surface area contributed by atoms with E-state index in [1.54, 1.807) is 11.3 Å². The third-order valence-electron chi connectivity index (χ3n) is 2.26. The van der Waals surface area contributed by atoms with Gasteiger partial charge in [0.1, 0.15) is 0 Å². The monoisotopic (exact) mass is 249 g/mol. The first kappa shape index (κ1) is 9.99. The highest BCUT2D eigenvalue weighted by Crippen LogP contribution is 2.23. The van der Waals surface area contributed by atoms with Crippen molar-refractivity contribution in [3.8, 4) is 0 Å². The van der Waals surface area contributed by atoms with E-state index in [4.69, 9.17) is 0 Å². The fourth-order valence-corrected chi connectivity index (χ4v) is 3.61. The Morgan fingerprint density at radius 1 is 1.31 bits per heavy atom. The second kappa shape index (κ2) is 3.68. The van der Waals surface area contributed by atoms with Crippen molar-refractivity contribution in [2.24, 2.45) is 4.99 Å². The van der Waals surface area contributed by atoms with Crippen molar-refractivity contribution < 1.29 is 0 Å². The summed E-state index contributed by atoms with van der Waals surface area (Å²) in [5, 5.41) is 0. The second-order valence-electron chi connectivity index (χ2n) is 3.88. The minimum Gasteiger partial charge on any atom is -0.258 e. The van der Waals surface area contributed by atoms with E-state index < -0.39 is 0 Å². The molecule has 0 fully saturated rings. The van der Waals surface area contributed by atoms with Crippen LogP contribution >= 0.6 is 22.9 Å². The number of hydrogen-bond donors (Lipinski definition) is 0. The minimum absolute atomic E-state index is 0.301. The van der Waals surface area contributed by atoms with Crippen molar-refractivity contribution in [1.29, 1.82) is 0 Å². The summed E-state index contributed by atoms with van der Waals surface area (Å²) >= 11 is 3.18. The number of hydrogen-bond acceptors (Lipinski definition) is 4. The lowest BCUT2D eigenvalue weighted by Gasteiger charge is -1.93. The molecule has 0 radical (unpaired) electrons. The lowest BCUT2D eigenvalue weighted by Crippen LogP contribution is -2.08. The Kier molecular flexibility index (Phi) is 2.29. The van der Waals surface area contributed by atoms with Gasteiger partial charge in [-0.1, -0.05) is 23.5 Å². The molecule has 0 amide bonds. The van der Waals surface area contributed by atoms with Crippen LogP contribution in [-0.4, -0.2) is 14.8 Å². The average Bonchev–Trinajstić information content (AvgIpc) is 2.77. The molecule has 3 rings (SSSR count). The van der Waals surface area contributed by atoms with Crippen LogP contribution in [0.2, 0.25) is 0 Å². The summed E-state index contributed by atoms with van der Waals surface area (Å²) in [6.45, 7) is 4.17. The summed E-state index contributed by atoms with van der Waals surface area (Å²) in [7, 11) is 0. The van der Waals surface area contributed by atoms with Crippen molar-refractivity contribution in [3.05, 3.63) is 29.1 Å². The average molecular weight is 249 g/mol. The number of para-hydroxylation sites is 1. The van der Waals surface area contributed by atoms with Crippen LogP contribution in [-0.2, 0) is 0 Å². The van der Waals surface area contributed by atoms with Crippen molar-refractivity contribution in [1.82, 2.24) is 8.77 Å². The van der Waals surface area contributed by atoms with Gasteiger partial charge in [0.05, 0.1) is 10.2 Å². The molecule has 3 nitrogen and oxygen atoms in total. The van der Waals surface area contributed by atoms with Crippen molar-refractivity contribution >= 4 is 38.0 Å². The first-order valence-electron chi connectivity index (χ1n) is 5.15. The summed E-state index contributed by atoms with van der Waals surface area (Å²) in [5.74, 6) is 0. The summed E-state index contributed by atoms with van der Waals surface area (Å²) in [5.41, 5.74) is 1.20. The molecule has 0 bridgehead atoms. The van der Waals surface area contributed by atoms with E-state index in [0.29, 0.717) is 6.04 Å². The Bertz CT molecular complexity index is 702. The van der Waals surface area contributed by atoms with Crippen LogP contribution in [0.5, 0.6) is 0 Å². The van der Waals surface area contributed by atoms with Gasteiger partial charge in [0.2, 0.25) is 9.76 Å². The van der Waals surface area contributed by atoms with Gasteiger partial charge in [0.15, 0.2) is 0 Å². The molecule has 0 unspecified atom stereocenters. The minimum atomic E-state index is 0.301. The summed E-state index contributed by atoms with van der Waals surface area (Å²) in [6.07, 6.45) is 0. The molecule has 3 aromatic rings. The number of rotatable bonds is 1. The highest BCUT2D eigenvalue weighted by Gasteiger charge is 2.07. The normalized spacial score (nSPS) is 13.3. The maximum absolute atomic E-state index is 4.60. The van der Waals surface area contributed by atoms with Gasteiger partial charge >= 0.3 is 0 Å². The lowest BCUT2D eigenvalue weighted by molar-refractivity contribution is 0.797. The van der Waals surface area contributed by atoms with E-state index in [0.717, 1.165) is 9.76 Å². The molecule has 0 saturated heterocycles. The van der Waals surface area contributed by atoms with Gasteiger partial charge in [-0.25, -0.2) is 0 Å². The standard InChI is InChI=1S/C11H11N3S2/c1-7(2)12-10-14-8-5-3-4-6-9(8)15-11(14)13-16-10/h3-7H,1-2H3. The Hall–Kier alpha value is -1.20. The fraction of sp³-hybridized carbons (Fsp3) is 0.273. The molecule has 82 valence electrons. The first-order chi connectivity index (χ1) is 7.75. The number of benzene rings is 1. The largest absolute Gasteiger partial charge is 0.258 e. The van der Waals surface area contributed by atoms with Gasteiger partial charge in [-0.2, -0.15) is 4.37 Å². The van der Waals surface area contributed by atoms with Crippen LogP contribution in [0.3, 0.4) is 0 Å². The van der Waals surface area contributed by atoms with Gasteiger partial charge in [-0.05, 0) is 26.0 Å². The topological polar surface area (TPSA) is 29.7 Å². The molecule has 2 aromatic heterocycles. The van der Waals surface area contributed by atoms with Crippen LogP contribution in [0, 0.1) is 0 Å². The molecule has 2 heterocycles. The number of nitrogens with zero attached hydrogens (tertiary/aromatic N) is 3. The van der Waals surface area contributed by atoms with Gasteiger partial charge in [0, 0.05) is 17.6 Å². The number of aromatic nitrogens is 2. The zero-order valence-corrected chi connectivity index (χ0v) is 10.7. The van der Waals surface area contributed by atoms with Gasteiger partial charge < -0.3 is 0 Å². The molecule has 0 aliphatic heterocycles. The first-order valence-corrected chi connectivity index (χ1v) is 6.74. The van der Waals surface area contributed by atoms with Gasteiger partial charge in [0.25, 0.3) is 0 Å². The van der Waals surface area contributed by atoms with Gasteiger partial charge in [-0.3, -0.25) is 9.39 Å². The van der Waals surface area contributed by atoms with E-state index in [1.165, 1.54) is 21.7 Å². The van der Waals surface area contributed by atoms with E-state index in [-0.39, 0.29) is 0 Å². The van der Waals surface area contributed by atoms with Crippen LogP contribution in [0.25, 0.3) is 15.2 Å². The van der Waals surface area contributed by atoms with E-state index in [9.17, 15) is 0 Å². The van der Waals surface area contributed by atoms with Crippen LogP contribution in [0.4, 0.5) is 0 Å². The van der Waals surface area contributed by atoms with E-state index in [1.807, 2.05) is 0 Å². The Morgan fingerprint density at radius 3 is 2.94 bits per heavy atom. The van der Waals surface area contributed by atoms with E-state index >= 15 is 0 Å². The second-order valence-corrected chi connectivity index (χ2v) is 5.62.